The van der Waals surface area contributed by atoms with Crippen molar-refractivity contribution in [1.29, 1.82) is 0 Å². The summed E-state index contributed by atoms with van der Waals surface area (Å²) in [5, 5.41) is 0. The highest BCUT2D eigenvalue weighted by atomic mass is 19.3. The summed E-state index contributed by atoms with van der Waals surface area (Å²) in [5.74, 6) is 0.464. The minimum absolute atomic E-state index is 0.0487. The summed E-state index contributed by atoms with van der Waals surface area (Å²) in [4.78, 5) is 0. The van der Waals surface area contributed by atoms with Crippen LogP contribution in [0.3, 0.4) is 0 Å². The molecule has 19 heavy (non-hydrogen) atoms. The average molecular weight is 278 g/mol. The van der Waals surface area contributed by atoms with Crippen LogP contribution in [-0.2, 0) is 9.47 Å². The highest BCUT2D eigenvalue weighted by molar-refractivity contribution is 4.88. The molecule has 0 bridgehead atoms. The molecule has 0 amide bonds. The summed E-state index contributed by atoms with van der Waals surface area (Å²) in [6, 6.07) is 0. The Morgan fingerprint density at radius 3 is 2.37 bits per heavy atom. The first-order chi connectivity index (χ1) is 9.14. The van der Waals surface area contributed by atoms with E-state index in [-0.39, 0.29) is 11.8 Å². The summed E-state index contributed by atoms with van der Waals surface area (Å²) < 4.78 is 36.2. The SMILES string of the molecule is CCOCC(CCC(F)F)(COC)C1CCCCC1. The van der Waals surface area contributed by atoms with Gasteiger partial charge in [0, 0.05) is 25.6 Å². The van der Waals surface area contributed by atoms with Gasteiger partial charge < -0.3 is 9.47 Å². The largest absolute Gasteiger partial charge is 0.384 e. The molecule has 0 aromatic carbocycles. The van der Waals surface area contributed by atoms with Crippen LogP contribution in [0.1, 0.15) is 51.9 Å². The van der Waals surface area contributed by atoms with E-state index in [1.165, 1.54) is 19.3 Å². The topological polar surface area (TPSA) is 18.5 Å². The van der Waals surface area contributed by atoms with Crippen LogP contribution in [0.25, 0.3) is 0 Å². The summed E-state index contributed by atoms with van der Waals surface area (Å²) in [6.45, 7) is 3.66. The lowest BCUT2D eigenvalue weighted by Gasteiger charge is -2.42. The van der Waals surface area contributed by atoms with Crippen LogP contribution in [0.5, 0.6) is 0 Å². The van der Waals surface area contributed by atoms with Crippen molar-refractivity contribution in [3.8, 4) is 0 Å². The van der Waals surface area contributed by atoms with Crippen molar-refractivity contribution in [2.24, 2.45) is 11.3 Å². The van der Waals surface area contributed by atoms with Gasteiger partial charge in [-0.1, -0.05) is 19.3 Å². The van der Waals surface area contributed by atoms with Crippen LogP contribution in [-0.4, -0.2) is 33.4 Å². The average Bonchev–Trinajstić information content (AvgIpc) is 2.43. The molecule has 1 rings (SSSR count). The smallest absolute Gasteiger partial charge is 0.238 e. The molecule has 1 aliphatic carbocycles. The molecule has 1 unspecified atom stereocenters. The van der Waals surface area contributed by atoms with E-state index in [0.717, 1.165) is 12.8 Å². The fourth-order valence-corrected chi connectivity index (χ4v) is 3.33. The van der Waals surface area contributed by atoms with E-state index in [1.54, 1.807) is 7.11 Å². The highest BCUT2D eigenvalue weighted by Gasteiger charge is 2.39. The molecule has 0 radical (unpaired) electrons. The monoisotopic (exact) mass is 278 g/mol. The zero-order valence-electron chi connectivity index (χ0n) is 12.3. The van der Waals surface area contributed by atoms with Gasteiger partial charge in [-0.05, 0) is 32.1 Å². The molecular weight excluding hydrogens is 250 g/mol. The lowest BCUT2D eigenvalue weighted by molar-refractivity contribution is -0.0640. The molecule has 0 N–H and O–H groups in total. The minimum Gasteiger partial charge on any atom is -0.384 e. The van der Waals surface area contributed by atoms with Crippen molar-refractivity contribution >= 4 is 0 Å². The number of halogens is 2. The molecular formula is C15H28F2O2. The number of alkyl halides is 2. The quantitative estimate of drug-likeness (QED) is 0.626. The van der Waals surface area contributed by atoms with Crippen LogP contribution in [0.15, 0.2) is 0 Å². The van der Waals surface area contributed by atoms with E-state index >= 15 is 0 Å². The van der Waals surface area contributed by atoms with Crippen molar-refractivity contribution in [2.45, 2.75) is 58.3 Å². The second-order valence-electron chi connectivity index (χ2n) is 5.70. The highest BCUT2D eigenvalue weighted by Crippen LogP contribution is 2.43. The number of rotatable bonds is 9. The molecule has 1 aliphatic rings. The molecule has 1 saturated carbocycles. The maximum atomic E-state index is 12.6. The molecule has 0 saturated heterocycles. The summed E-state index contributed by atoms with van der Waals surface area (Å²) >= 11 is 0. The van der Waals surface area contributed by atoms with Gasteiger partial charge in [-0.15, -0.1) is 0 Å². The van der Waals surface area contributed by atoms with Gasteiger partial charge in [-0.3, -0.25) is 0 Å². The van der Waals surface area contributed by atoms with Gasteiger partial charge in [-0.25, -0.2) is 8.78 Å². The maximum absolute atomic E-state index is 12.6. The Labute approximate surface area is 115 Å². The van der Waals surface area contributed by atoms with Crippen molar-refractivity contribution in [3.05, 3.63) is 0 Å². The van der Waals surface area contributed by atoms with Crippen molar-refractivity contribution in [2.75, 3.05) is 26.9 Å². The molecule has 2 nitrogen and oxygen atoms in total. The van der Waals surface area contributed by atoms with Gasteiger partial charge in [0.05, 0.1) is 13.2 Å². The maximum Gasteiger partial charge on any atom is 0.238 e. The van der Waals surface area contributed by atoms with E-state index in [2.05, 4.69) is 0 Å². The van der Waals surface area contributed by atoms with E-state index in [1.807, 2.05) is 6.92 Å². The van der Waals surface area contributed by atoms with E-state index in [4.69, 9.17) is 9.47 Å². The zero-order chi connectivity index (χ0) is 14.1. The normalized spacial score (nSPS) is 20.7. The Bertz CT molecular complexity index is 230. The summed E-state index contributed by atoms with van der Waals surface area (Å²) in [6.07, 6.45) is 4.15. The van der Waals surface area contributed by atoms with Crippen molar-refractivity contribution in [1.82, 2.24) is 0 Å². The third-order valence-electron chi connectivity index (χ3n) is 4.36. The van der Waals surface area contributed by atoms with Gasteiger partial charge >= 0.3 is 0 Å². The fraction of sp³-hybridized carbons (Fsp3) is 1.00. The first-order valence-electron chi connectivity index (χ1n) is 7.49. The Kier molecular flexibility index (Phi) is 7.84. The van der Waals surface area contributed by atoms with Gasteiger partial charge in [-0.2, -0.15) is 0 Å². The van der Waals surface area contributed by atoms with Gasteiger partial charge in [0.2, 0.25) is 6.43 Å². The molecule has 0 aliphatic heterocycles. The third-order valence-corrected chi connectivity index (χ3v) is 4.36. The first kappa shape index (κ1) is 16.8. The number of hydrogen-bond donors (Lipinski definition) is 0. The third kappa shape index (κ3) is 5.35. The van der Waals surface area contributed by atoms with Crippen LogP contribution in [0.4, 0.5) is 8.78 Å². The second kappa shape index (κ2) is 8.85. The van der Waals surface area contributed by atoms with E-state index in [0.29, 0.717) is 32.2 Å². The molecule has 1 fully saturated rings. The Morgan fingerprint density at radius 1 is 1.16 bits per heavy atom. The van der Waals surface area contributed by atoms with Crippen LogP contribution in [0, 0.1) is 11.3 Å². The Balaban J connectivity index is 2.74. The van der Waals surface area contributed by atoms with Crippen molar-refractivity contribution in [3.63, 3.8) is 0 Å². The van der Waals surface area contributed by atoms with E-state index in [9.17, 15) is 8.78 Å². The molecule has 114 valence electrons. The van der Waals surface area contributed by atoms with E-state index < -0.39 is 6.43 Å². The predicted molar refractivity (Wildman–Crippen MR) is 72.6 cm³/mol. The number of methoxy groups -OCH3 is 1. The van der Waals surface area contributed by atoms with Crippen LogP contribution >= 0.6 is 0 Å². The van der Waals surface area contributed by atoms with Gasteiger partial charge in [0.15, 0.2) is 0 Å². The zero-order valence-corrected chi connectivity index (χ0v) is 12.3. The molecule has 4 heteroatoms. The van der Waals surface area contributed by atoms with Crippen LogP contribution in [0.2, 0.25) is 0 Å². The number of ether oxygens (including phenoxy) is 2. The first-order valence-corrected chi connectivity index (χ1v) is 7.49. The van der Waals surface area contributed by atoms with Crippen LogP contribution < -0.4 is 0 Å². The molecule has 0 aromatic heterocycles. The minimum atomic E-state index is -2.23. The Hall–Kier alpha value is -0.220. The second-order valence-corrected chi connectivity index (χ2v) is 5.70. The summed E-state index contributed by atoms with van der Waals surface area (Å²) in [7, 11) is 1.66. The van der Waals surface area contributed by atoms with Gasteiger partial charge in [0.25, 0.3) is 0 Å². The molecule has 1 atom stereocenters. The van der Waals surface area contributed by atoms with Gasteiger partial charge in [0.1, 0.15) is 0 Å². The molecule has 0 spiro atoms. The lowest BCUT2D eigenvalue weighted by Crippen LogP contribution is -2.41. The van der Waals surface area contributed by atoms with Crippen molar-refractivity contribution < 1.29 is 18.3 Å². The number of hydrogen-bond acceptors (Lipinski definition) is 2. The predicted octanol–water partition coefficient (Wildman–Crippen LogP) is 4.28. The standard InChI is InChI=1S/C15H28F2O2/c1-3-19-12-15(11-18-2,10-9-14(16)17)13-7-5-4-6-8-13/h13-14H,3-12H2,1-2H3. The Morgan fingerprint density at radius 2 is 1.84 bits per heavy atom. The molecule has 0 heterocycles. The summed E-state index contributed by atoms with van der Waals surface area (Å²) in [5.41, 5.74) is -0.221. The lowest BCUT2D eigenvalue weighted by atomic mass is 9.67. The fourth-order valence-electron chi connectivity index (χ4n) is 3.33. The molecule has 0 aromatic rings.